The van der Waals surface area contributed by atoms with Crippen LogP contribution in [0, 0.1) is 11.8 Å². The minimum atomic E-state index is -3.44. The van der Waals surface area contributed by atoms with E-state index in [1.54, 1.807) is 31.4 Å². The average molecular weight is 493 g/mol. The Hall–Kier alpha value is -2.09. The molecule has 1 aliphatic heterocycles. The molecule has 1 saturated heterocycles. The summed E-state index contributed by atoms with van der Waals surface area (Å²) in [4.78, 5) is 13.0. The van der Waals surface area contributed by atoms with Crippen LogP contribution in [0.3, 0.4) is 0 Å². The molecule has 6 nitrogen and oxygen atoms in total. The second kappa shape index (κ2) is 11.4. The SMILES string of the molecule is COc1ccc([C@H](CC(C)C)NC(=O)C2CCN(S(=O)(=O)Cc3ccc(Cl)cc3)CC2)cc1. The van der Waals surface area contributed by atoms with Crippen molar-refractivity contribution in [1.82, 2.24) is 9.62 Å². The average Bonchev–Trinajstić information content (AvgIpc) is 2.80. The van der Waals surface area contributed by atoms with E-state index in [4.69, 9.17) is 16.3 Å². The van der Waals surface area contributed by atoms with Gasteiger partial charge in [-0.25, -0.2) is 12.7 Å². The van der Waals surface area contributed by atoms with Crippen molar-refractivity contribution in [3.8, 4) is 5.75 Å². The molecule has 0 aromatic heterocycles. The maximum Gasteiger partial charge on any atom is 0.223 e. The lowest BCUT2D eigenvalue weighted by Gasteiger charge is -2.32. The molecular weight excluding hydrogens is 460 g/mol. The summed E-state index contributed by atoms with van der Waals surface area (Å²) in [7, 11) is -1.81. The Kier molecular flexibility index (Phi) is 8.79. The van der Waals surface area contributed by atoms with Gasteiger partial charge in [-0.2, -0.15) is 0 Å². The molecule has 33 heavy (non-hydrogen) atoms. The van der Waals surface area contributed by atoms with Crippen molar-refractivity contribution >= 4 is 27.5 Å². The van der Waals surface area contributed by atoms with Crippen molar-refractivity contribution in [2.75, 3.05) is 20.2 Å². The van der Waals surface area contributed by atoms with E-state index in [2.05, 4.69) is 19.2 Å². The summed E-state index contributed by atoms with van der Waals surface area (Å²) >= 11 is 5.89. The highest BCUT2D eigenvalue weighted by atomic mass is 35.5. The van der Waals surface area contributed by atoms with Crippen molar-refractivity contribution < 1.29 is 17.9 Å². The second-order valence-electron chi connectivity index (χ2n) is 9.02. The van der Waals surface area contributed by atoms with Crippen molar-refractivity contribution in [2.24, 2.45) is 11.8 Å². The second-order valence-corrected chi connectivity index (χ2v) is 11.4. The van der Waals surface area contributed by atoms with Gasteiger partial charge in [0, 0.05) is 24.0 Å². The topological polar surface area (TPSA) is 75.7 Å². The molecular formula is C25H33ClN2O4S. The Bertz CT molecular complexity index is 1020. The van der Waals surface area contributed by atoms with Crippen LogP contribution >= 0.6 is 11.6 Å². The van der Waals surface area contributed by atoms with Crippen LogP contribution in [0.2, 0.25) is 5.02 Å². The van der Waals surface area contributed by atoms with Gasteiger partial charge in [-0.1, -0.05) is 49.7 Å². The normalized spacial score (nSPS) is 16.5. The zero-order chi connectivity index (χ0) is 24.0. The van der Waals surface area contributed by atoms with Crippen molar-refractivity contribution in [2.45, 2.75) is 44.9 Å². The molecule has 0 unspecified atom stereocenters. The number of rotatable bonds is 9. The number of benzene rings is 2. The van der Waals surface area contributed by atoms with Crippen LogP contribution in [-0.4, -0.2) is 38.8 Å². The van der Waals surface area contributed by atoms with Crippen LogP contribution in [0.15, 0.2) is 48.5 Å². The summed E-state index contributed by atoms with van der Waals surface area (Å²) in [5.41, 5.74) is 1.75. The Labute approximate surface area is 202 Å². The summed E-state index contributed by atoms with van der Waals surface area (Å²) in [5, 5.41) is 3.79. The van der Waals surface area contributed by atoms with Gasteiger partial charge in [-0.05, 0) is 60.6 Å². The number of amides is 1. The number of nitrogens with one attached hydrogen (secondary N) is 1. The lowest BCUT2D eigenvalue weighted by Crippen LogP contribution is -2.44. The summed E-state index contributed by atoms with van der Waals surface area (Å²) < 4.78 is 32.4. The van der Waals surface area contributed by atoms with Gasteiger partial charge in [-0.15, -0.1) is 0 Å². The summed E-state index contributed by atoms with van der Waals surface area (Å²) in [6.45, 7) is 4.97. The summed E-state index contributed by atoms with van der Waals surface area (Å²) in [5.74, 6) is 0.929. The van der Waals surface area contributed by atoms with Crippen molar-refractivity contribution in [3.63, 3.8) is 0 Å². The smallest absolute Gasteiger partial charge is 0.223 e. The number of sulfonamides is 1. The van der Waals surface area contributed by atoms with E-state index in [1.807, 2.05) is 24.3 Å². The molecule has 0 radical (unpaired) electrons. The van der Waals surface area contributed by atoms with E-state index in [-0.39, 0.29) is 23.6 Å². The predicted octanol–water partition coefficient (Wildman–Crippen LogP) is 4.79. The van der Waals surface area contributed by atoms with Crippen molar-refractivity contribution in [3.05, 3.63) is 64.7 Å². The monoisotopic (exact) mass is 492 g/mol. The molecule has 2 aromatic rings. The molecule has 1 amide bonds. The first-order valence-electron chi connectivity index (χ1n) is 11.3. The molecule has 8 heteroatoms. The number of hydrogen-bond acceptors (Lipinski definition) is 4. The highest BCUT2D eigenvalue weighted by molar-refractivity contribution is 7.88. The third kappa shape index (κ3) is 7.19. The first-order chi connectivity index (χ1) is 15.7. The van der Waals surface area contributed by atoms with Gasteiger partial charge in [0.05, 0.1) is 18.9 Å². The van der Waals surface area contributed by atoms with Gasteiger partial charge in [0.2, 0.25) is 15.9 Å². The minimum Gasteiger partial charge on any atom is -0.497 e. The lowest BCUT2D eigenvalue weighted by molar-refractivity contribution is -0.127. The molecule has 3 rings (SSSR count). The Morgan fingerprint density at radius 1 is 1.09 bits per heavy atom. The zero-order valence-corrected chi connectivity index (χ0v) is 21.0. The third-order valence-electron chi connectivity index (χ3n) is 6.02. The van der Waals surface area contributed by atoms with E-state index >= 15 is 0 Å². The molecule has 1 fully saturated rings. The molecule has 1 aliphatic rings. The molecule has 1 heterocycles. The van der Waals surface area contributed by atoms with Crippen molar-refractivity contribution in [1.29, 1.82) is 0 Å². The quantitative estimate of drug-likeness (QED) is 0.545. The van der Waals surface area contributed by atoms with E-state index in [1.165, 1.54) is 4.31 Å². The molecule has 1 N–H and O–H groups in total. The van der Waals surface area contributed by atoms with E-state index in [9.17, 15) is 13.2 Å². The third-order valence-corrected chi connectivity index (χ3v) is 8.12. The molecule has 0 bridgehead atoms. The van der Waals surface area contributed by atoms with Crippen LogP contribution in [-0.2, 0) is 20.6 Å². The number of methoxy groups -OCH3 is 1. The van der Waals surface area contributed by atoms with Gasteiger partial charge in [0.1, 0.15) is 5.75 Å². The Morgan fingerprint density at radius 3 is 2.24 bits per heavy atom. The Balaban J connectivity index is 1.59. The summed E-state index contributed by atoms with van der Waals surface area (Å²) in [6, 6.07) is 14.5. The maximum absolute atomic E-state index is 13.0. The molecule has 0 saturated carbocycles. The van der Waals surface area contributed by atoms with Gasteiger partial charge < -0.3 is 10.1 Å². The van der Waals surface area contributed by atoms with Crippen LogP contribution in [0.4, 0.5) is 0 Å². The number of halogens is 1. The molecule has 1 atom stereocenters. The number of carbonyl (C=O) groups is 1. The van der Waals surface area contributed by atoms with Gasteiger partial charge in [0.25, 0.3) is 0 Å². The number of ether oxygens (including phenoxy) is 1. The van der Waals surface area contributed by atoms with Crippen LogP contribution in [0.1, 0.15) is 50.3 Å². The highest BCUT2D eigenvalue weighted by Gasteiger charge is 2.32. The predicted molar refractivity (Wildman–Crippen MR) is 132 cm³/mol. The fourth-order valence-electron chi connectivity index (χ4n) is 4.15. The first-order valence-corrected chi connectivity index (χ1v) is 13.3. The number of nitrogens with zero attached hydrogens (tertiary/aromatic N) is 1. The minimum absolute atomic E-state index is 0.00813. The lowest BCUT2D eigenvalue weighted by atomic mass is 9.93. The number of hydrogen-bond donors (Lipinski definition) is 1. The fraction of sp³-hybridized carbons (Fsp3) is 0.480. The molecule has 0 aliphatic carbocycles. The van der Waals surface area contributed by atoms with Crippen LogP contribution < -0.4 is 10.1 Å². The first kappa shape index (κ1) is 25.5. The molecule has 2 aromatic carbocycles. The standard InChI is InChI=1S/C25H33ClN2O4S/c1-18(2)16-24(20-6-10-23(32-3)11-7-20)27-25(29)21-12-14-28(15-13-21)33(30,31)17-19-4-8-22(26)9-5-19/h4-11,18,21,24H,12-17H2,1-3H3,(H,27,29)/t24-/m0/s1. The fourth-order valence-corrected chi connectivity index (χ4v) is 5.84. The van der Waals surface area contributed by atoms with E-state index in [0.717, 1.165) is 17.7 Å². The van der Waals surface area contributed by atoms with Crippen LogP contribution in [0.5, 0.6) is 5.75 Å². The molecule has 180 valence electrons. The Morgan fingerprint density at radius 2 is 1.70 bits per heavy atom. The summed E-state index contributed by atoms with van der Waals surface area (Å²) in [6.07, 6.45) is 1.86. The van der Waals surface area contributed by atoms with Gasteiger partial charge in [-0.3, -0.25) is 4.79 Å². The van der Waals surface area contributed by atoms with Gasteiger partial charge >= 0.3 is 0 Å². The van der Waals surface area contributed by atoms with E-state index in [0.29, 0.717) is 42.4 Å². The number of piperidine rings is 1. The number of carbonyl (C=O) groups excluding carboxylic acids is 1. The largest absolute Gasteiger partial charge is 0.497 e. The highest BCUT2D eigenvalue weighted by Crippen LogP contribution is 2.27. The molecule has 0 spiro atoms. The zero-order valence-electron chi connectivity index (χ0n) is 19.5. The van der Waals surface area contributed by atoms with Crippen LogP contribution in [0.25, 0.3) is 0 Å². The maximum atomic E-state index is 13.0. The van der Waals surface area contributed by atoms with E-state index < -0.39 is 10.0 Å². The van der Waals surface area contributed by atoms with Gasteiger partial charge in [0.15, 0.2) is 0 Å².